The highest BCUT2D eigenvalue weighted by Crippen LogP contribution is 2.35. The smallest absolute Gasteiger partial charge is 0.328 e. The van der Waals surface area contributed by atoms with Gasteiger partial charge in [0.2, 0.25) is 5.88 Å². The highest BCUT2D eigenvalue weighted by atomic mass is 16.3. The molecule has 2 heterocycles. The number of H-pyrrole nitrogens is 2. The second kappa shape index (κ2) is 7.02. The van der Waals surface area contributed by atoms with E-state index in [0.717, 1.165) is 0 Å². The topological polar surface area (TPSA) is 164 Å². The first-order valence-electron chi connectivity index (χ1n) is 8.22. The number of hydrogen-bond donors (Lipinski definition) is 5. The van der Waals surface area contributed by atoms with Crippen LogP contribution in [-0.4, -0.2) is 51.9 Å². The number of nitrogens with one attached hydrogen (secondary N) is 4. The molecule has 5 N–H and O–H groups in total. The van der Waals surface area contributed by atoms with Crippen LogP contribution in [0.4, 0.5) is 4.79 Å². The Morgan fingerprint density at radius 1 is 0.929 bits per heavy atom. The number of amides is 4. The number of carbonyl (C=O) groups excluding carboxylic acids is 3. The van der Waals surface area contributed by atoms with Crippen molar-refractivity contribution in [3.8, 4) is 5.88 Å². The SMILES string of the molecule is CN(C)C1=C(C=C2C(=O)NC(=O)NC2=O)CC/C1=C\c1c(O)[nH]c(=O)[nH]c1=O. The zero-order chi connectivity index (χ0) is 20.6. The molecule has 0 unspecified atom stereocenters. The van der Waals surface area contributed by atoms with Crippen molar-refractivity contribution < 1.29 is 19.5 Å². The summed E-state index contributed by atoms with van der Waals surface area (Å²) < 4.78 is 0. The van der Waals surface area contributed by atoms with Gasteiger partial charge in [-0.2, -0.15) is 0 Å². The molecule has 28 heavy (non-hydrogen) atoms. The number of aromatic hydroxyl groups is 1. The fourth-order valence-electron chi connectivity index (χ4n) is 3.14. The lowest BCUT2D eigenvalue weighted by atomic mass is 10.1. The number of hydrogen-bond acceptors (Lipinski definition) is 7. The summed E-state index contributed by atoms with van der Waals surface area (Å²) in [4.78, 5) is 64.2. The zero-order valence-corrected chi connectivity index (χ0v) is 15.0. The molecule has 1 aliphatic heterocycles. The fourth-order valence-corrected chi connectivity index (χ4v) is 3.14. The van der Waals surface area contributed by atoms with Gasteiger partial charge in [-0.3, -0.25) is 35.0 Å². The first-order chi connectivity index (χ1) is 13.2. The summed E-state index contributed by atoms with van der Waals surface area (Å²) >= 11 is 0. The number of rotatable bonds is 3. The van der Waals surface area contributed by atoms with E-state index in [9.17, 15) is 29.1 Å². The van der Waals surface area contributed by atoms with Crippen molar-refractivity contribution in [3.63, 3.8) is 0 Å². The van der Waals surface area contributed by atoms with Gasteiger partial charge in [0.25, 0.3) is 17.4 Å². The first kappa shape index (κ1) is 18.9. The third-order valence-corrected chi connectivity index (χ3v) is 4.26. The van der Waals surface area contributed by atoms with E-state index in [1.54, 1.807) is 19.0 Å². The zero-order valence-electron chi connectivity index (χ0n) is 15.0. The van der Waals surface area contributed by atoms with E-state index in [-0.39, 0.29) is 11.1 Å². The highest BCUT2D eigenvalue weighted by molar-refractivity contribution is 6.29. The van der Waals surface area contributed by atoms with Crippen molar-refractivity contribution in [1.82, 2.24) is 25.5 Å². The first-order valence-corrected chi connectivity index (χ1v) is 8.22. The summed E-state index contributed by atoms with van der Waals surface area (Å²) in [6, 6.07) is -0.881. The van der Waals surface area contributed by atoms with Crippen molar-refractivity contribution in [2.75, 3.05) is 14.1 Å². The van der Waals surface area contributed by atoms with Crippen LogP contribution in [0.5, 0.6) is 5.88 Å². The van der Waals surface area contributed by atoms with Crippen LogP contribution in [0.15, 0.2) is 38.1 Å². The van der Waals surface area contributed by atoms with Crippen molar-refractivity contribution in [2.24, 2.45) is 0 Å². The van der Waals surface area contributed by atoms with Gasteiger partial charge >= 0.3 is 11.7 Å². The summed E-state index contributed by atoms with van der Waals surface area (Å²) in [5, 5.41) is 13.9. The van der Waals surface area contributed by atoms with Gasteiger partial charge in [-0.05, 0) is 36.1 Å². The van der Waals surface area contributed by atoms with Crippen LogP contribution in [0.2, 0.25) is 0 Å². The molecule has 0 bridgehead atoms. The van der Waals surface area contributed by atoms with Gasteiger partial charge < -0.3 is 10.0 Å². The number of likely N-dealkylation sites (N-methyl/N-ethyl adjacent to an activating group) is 1. The standard InChI is InChI=1S/C17H17N5O6/c1-22(2)11-7(5-9-12(23)18-16(27)19-13(9)24)3-4-8(11)6-10-14(25)20-17(28)21-15(10)26/h5-6H,3-4H2,1-2H3,(H2,18,19,23,24,27)(H3,20,21,25,26,28)/b8-6+. The van der Waals surface area contributed by atoms with E-state index in [0.29, 0.717) is 29.7 Å². The molecule has 2 aliphatic rings. The minimum atomic E-state index is -0.881. The van der Waals surface area contributed by atoms with Crippen molar-refractivity contribution in [1.29, 1.82) is 0 Å². The number of aromatic amines is 2. The molecule has 0 aromatic carbocycles. The molecule has 11 heteroatoms. The molecule has 0 saturated carbocycles. The molecular formula is C17H17N5O6. The predicted molar refractivity (Wildman–Crippen MR) is 97.0 cm³/mol. The molecule has 0 radical (unpaired) electrons. The molecule has 11 nitrogen and oxygen atoms in total. The quantitative estimate of drug-likeness (QED) is 0.330. The molecule has 1 aromatic heterocycles. The number of carbonyl (C=O) groups is 3. The highest BCUT2D eigenvalue weighted by Gasteiger charge is 2.30. The molecule has 146 valence electrons. The molecule has 1 fully saturated rings. The summed E-state index contributed by atoms with van der Waals surface area (Å²) in [6.45, 7) is 0. The Hall–Kier alpha value is -3.89. The summed E-state index contributed by atoms with van der Waals surface area (Å²) in [5.74, 6) is -2.16. The Kier molecular flexibility index (Phi) is 4.74. The monoisotopic (exact) mass is 387 g/mol. The maximum atomic E-state index is 12.0. The molecule has 1 aliphatic carbocycles. The van der Waals surface area contributed by atoms with E-state index in [2.05, 4.69) is 4.98 Å². The predicted octanol–water partition coefficient (Wildman–Crippen LogP) is -0.946. The molecular weight excluding hydrogens is 370 g/mol. The summed E-state index contributed by atoms with van der Waals surface area (Å²) in [7, 11) is 3.49. The van der Waals surface area contributed by atoms with E-state index in [4.69, 9.17) is 0 Å². The number of imide groups is 2. The summed E-state index contributed by atoms with van der Waals surface area (Å²) in [6.07, 6.45) is 3.76. The van der Waals surface area contributed by atoms with Gasteiger partial charge in [0.1, 0.15) is 11.1 Å². The van der Waals surface area contributed by atoms with Crippen LogP contribution in [0.1, 0.15) is 18.4 Å². The normalized spacial score (nSPS) is 18.4. The van der Waals surface area contributed by atoms with Crippen molar-refractivity contribution >= 4 is 23.9 Å². The Labute approximate surface area is 157 Å². The molecule has 4 amide bonds. The van der Waals surface area contributed by atoms with Gasteiger partial charge in [-0.1, -0.05) is 0 Å². The largest absolute Gasteiger partial charge is 0.494 e. The minimum Gasteiger partial charge on any atom is -0.494 e. The Bertz CT molecular complexity index is 1080. The molecule has 0 spiro atoms. The lowest BCUT2D eigenvalue weighted by Gasteiger charge is -2.19. The number of aromatic nitrogens is 2. The number of barbiturate groups is 1. The van der Waals surface area contributed by atoms with E-state index in [1.807, 2.05) is 15.6 Å². The maximum absolute atomic E-state index is 12.0. The molecule has 1 aromatic rings. The van der Waals surface area contributed by atoms with Crippen LogP contribution in [-0.2, 0) is 9.59 Å². The number of allylic oxidation sites excluding steroid dienone is 3. The van der Waals surface area contributed by atoms with E-state index < -0.39 is 35.0 Å². The minimum absolute atomic E-state index is 0.110. The Balaban J connectivity index is 2.09. The average molecular weight is 387 g/mol. The van der Waals surface area contributed by atoms with E-state index in [1.165, 1.54) is 12.2 Å². The van der Waals surface area contributed by atoms with E-state index >= 15 is 0 Å². The summed E-state index contributed by atoms with van der Waals surface area (Å²) in [5.41, 5.74) is 0.0668. The lowest BCUT2D eigenvalue weighted by molar-refractivity contribution is -0.124. The van der Waals surface area contributed by atoms with Crippen LogP contribution in [0.3, 0.4) is 0 Å². The number of urea groups is 1. The third-order valence-electron chi connectivity index (χ3n) is 4.26. The average Bonchev–Trinajstić information content (AvgIpc) is 2.96. The second-order valence-corrected chi connectivity index (χ2v) is 6.40. The fraction of sp³-hybridized carbons (Fsp3) is 0.235. The van der Waals surface area contributed by atoms with Crippen LogP contribution < -0.4 is 21.9 Å². The second-order valence-electron chi connectivity index (χ2n) is 6.40. The van der Waals surface area contributed by atoms with Crippen LogP contribution in [0.25, 0.3) is 6.08 Å². The molecule has 1 saturated heterocycles. The van der Waals surface area contributed by atoms with Crippen LogP contribution in [0, 0.1) is 0 Å². The van der Waals surface area contributed by atoms with Crippen LogP contribution >= 0.6 is 0 Å². The van der Waals surface area contributed by atoms with Gasteiger partial charge in [0.05, 0.1) is 0 Å². The molecule has 3 rings (SSSR count). The number of nitrogens with zero attached hydrogens (tertiary/aromatic N) is 1. The van der Waals surface area contributed by atoms with Gasteiger partial charge in [0, 0.05) is 19.8 Å². The molecule has 0 atom stereocenters. The van der Waals surface area contributed by atoms with Crippen molar-refractivity contribution in [2.45, 2.75) is 12.8 Å². The lowest BCUT2D eigenvalue weighted by Crippen LogP contribution is -2.51. The van der Waals surface area contributed by atoms with Gasteiger partial charge in [0.15, 0.2) is 0 Å². The van der Waals surface area contributed by atoms with Crippen molar-refractivity contribution in [3.05, 3.63) is 54.9 Å². The van der Waals surface area contributed by atoms with Gasteiger partial charge in [-0.25, -0.2) is 9.59 Å². The Morgan fingerprint density at radius 3 is 2.14 bits per heavy atom. The third kappa shape index (κ3) is 3.49. The Morgan fingerprint density at radius 2 is 1.57 bits per heavy atom. The maximum Gasteiger partial charge on any atom is 0.328 e. The van der Waals surface area contributed by atoms with Gasteiger partial charge in [-0.15, -0.1) is 0 Å².